The van der Waals surface area contributed by atoms with Gasteiger partial charge in [-0.15, -0.1) is 0 Å². The molecule has 0 saturated heterocycles. The number of carboxylic acids is 1. The average Bonchev–Trinajstić information content (AvgIpc) is 2.43. The fourth-order valence-electron chi connectivity index (χ4n) is 2.14. The lowest BCUT2D eigenvalue weighted by Gasteiger charge is -2.30. The second kappa shape index (κ2) is 5.73. The van der Waals surface area contributed by atoms with Gasteiger partial charge in [0.2, 0.25) is 0 Å². The van der Waals surface area contributed by atoms with Crippen LogP contribution in [0.4, 0.5) is 5.69 Å². The van der Waals surface area contributed by atoms with E-state index < -0.39 is 5.97 Å². The van der Waals surface area contributed by atoms with Crippen LogP contribution in [0, 0.1) is 0 Å². The molecule has 0 aromatic heterocycles. The van der Waals surface area contributed by atoms with Gasteiger partial charge in [0, 0.05) is 18.5 Å². The van der Waals surface area contributed by atoms with E-state index >= 15 is 0 Å². The Morgan fingerprint density at radius 1 is 1.37 bits per heavy atom. The van der Waals surface area contributed by atoms with Gasteiger partial charge in [0.25, 0.3) is 0 Å². The van der Waals surface area contributed by atoms with Gasteiger partial charge in [0.05, 0.1) is 18.7 Å². The second-order valence-electron chi connectivity index (χ2n) is 4.43. The number of Topliss-reactive ketones (excluding diaryl/α,β-unsaturated/α-hetero) is 1. The number of rotatable bonds is 5. The van der Waals surface area contributed by atoms with Gasteiger partial charge in [-0.05, 0) is 25.1 Å². The molecule has 1 aromatic carbocycles. The number of hydrogen-bond donors (Lipinski definition) is 1. The minimum absolute atomic E-state index is 0.0289. The normalized spacial score (nSPS) is 13.6. The first-order valence-corrected chi connectivity index (χ1v) is 6.38. The van der Waals surface area contributed by atoms with E-state index in [0.29, 0.717) is 12.2 Å². The van der Waals surface area contributed by atoms with Crippen molar-refractivity contribution in [3.05, 3.63) is 23.8 Å². The molecule has 0 aliphatic carbocycles. The fourth-order valence-corrected chi connectivity index (χ4v) is 2.14. The number of likely N-dealkylation sites (N-methyl/N-ethyl adjacent to an activating group) is 1. The third kappa shape index (κ3) is 3.05. The molecule has 1 heterocycles. The van der Waals surface area contributed by atoms with Gasteiger partial charge in [0.15, 0.2) is 5.78 Å². The number of ketones is 1. The van der Waals surface area contributed by atoms with E-state index in [0.717, 1.165) is 24.5 Å². The van der Waals surface area contributed by atoms with Crippen molar-refractivity contribution in [3.63, 3.8) is 0 Å². The average molecular weight is 263 g/mol. The van der Waals surface area contributed by atoms with Gasteiger partial charge in [-0.3, -0.25) is 9.59 Å². The van der Waals surface area contributed by atoms with Gasteiger partial charge >= 0.3 is 5.97 Å². The van der Waals surface area contributed by atoms with Gasteiger partial charge in [-0.25, -0.2) is 0 Å². The third-order valence-corrected chi connectivity index (χ3v) is 3.19. The van der Waals surface area contributed by atoms with Gasteiger partial charge in [-0.1, -0.05) is 0 Å². The van der Waals surface area contributed by atoms with Crippen LogP contribution in [0.3, 0.4) is 0 Å². The van der Waals surface area contributed by atoms with Crippen LogP contribution in [0.2, 0.25) is 0 Å². The predicted molar refractivity (Wildman–Crippen MR) is 71.0 cm³/mol. The summed E-state index contributed by atoms with van der Waals surface area (Å²) in [6.07, 6.45) is -0.106. The minimum Gasteiger partial charge on any atom is -0.490 e. The zero-order chi connectivity index (χ0) is 13.8. The Balaban J connectivity index is 2.19. The van der Waals surface area contributed by atoms with Crippen LogP contribution in [-0.2, 0) is 4.79 Å². The number of carboxylic acid groups (broad SMARTS) is 1. The Labute approximate surface area is 111 Å². The molecule has 0 atom stereocenters. The molecule has 5 heteroatoms. The lowest BCUT2D eigenvalue weighted by atomic mass is 10.0. The molecule has 0 bridgehead atoms. The van der Waals surface area contributed by atoms with Gasteiger partial charge in [-0.2, -0.15) is 0 Å². The van der Waals surface area contributed by atoms with E-state index in [-0.39, 0.29) is 18.6 Å². The summed E-state index contributed by atoms with van der Waals surface area (Å²) in [6.45, 7) is 4.35. The maximum absolute atomic E-state index is 11.9. The number of aliphatic carboxylic acids is 1. The molecule has 0 spiro atoms. The Morgan fingerprint density at radius 2 is 2.16 bits per heavy atom. The van der Waals surface area contributed by atoms with Crippen molar-refractivity contribution < 1.29 is 19.4 Å². The number of carbonyl (C=O) groups is 2. The molecular formula is C14H17NO4. The molecule has 0 unspecified atom stereocenters. The summed E-state index contributed by atoms with van der Waals surface area (Å²) in [5.41, 5.74) is 1.46. The number of ether oxygens (including phenoxy) is 1. The summed E-state index contributed by atoms with van der Waals surface area (Å²) < 4.78 is 5.54. The van der Waals surface area contributed by atoms with Gasteiger partial charge < -0.3 is 14.7 Å². The van der Waals surface area contributed by atoms with Crippen LogP contribution in [0.25, 0.3) is 0 Å². The Hall–Kier alpha value is -2.04. The number of carbonyl (C=O) groups excluding carboxylic acids is 1. The Kier molecular flexibility index (Phi) is 4.04. The van der Waals surface area contributed by atoms with E-state index in [1.807, 2.05) is 6.92 Å². The fraction of sp³-hybridized carbons (Fsp3) is 0.429. The summed E-state index contributed by atoms with van der Waals surface area (Å²) in [5, 5.41) is 8.60. The molecule has 19 heavy (non-hydrogen) atoms. The van der Waals surface area contributed by atoms with E-state index in [9.17, 15) is 9.59 Å². The molecule has 102 valence electrons. The lowest BCUT2D eigenvalue weighted by Crippen LogP contribution is -2.32. The zero-order valence-corrected chi connectivity index (χ0v) is 10.9. The SMILES string of the molecule is CCN1CCOc2ccc(C(=O)CCC(=O)O)cc21. The molecule has 5 nitrogen and oxygen atoms in total. The topological polar surface area (TPSA) is 66.8 Å². The maximum Gasteiger partial charge on any atom is 0.303 e. The number of anilines is 1. The second-order valence-corrected chi connectivity index (χ2v) is 4.43. The van der Waals surface area contributed by atoms with Crippen LogP contribution in [0.1, 0.15) is 30.1 Å². The van der Waals surface area contributed by atoms with Crippen LogP contribution in [0.15, 0.2) is 18.2 Å². The monoisotopic (exact) mass is 263 g/mol. The number of hydrogen-bond acceptors (Lipinski definition) is 4. The number of nitrogens with zero attached hydrogens (tertiary/aromatic N) is 1. The van der Waals surface area contributed by atoms with Crippen LogP contribution >= 0.6 is 0 Å². The molecule has 1 aliphatic heterocycles. The first-order valence-electron chi connectivity index (χ1n) is 6.38. The summed E-state index contributed by atoms with van der Waals surface area (Å²) in [7, 11) is 0. The molecule has 0 radical (unpaired) electrons. The molecule has 1 N–H and O–H groups in total. The Bertz CT molecular complexity index is 498. The third-order valence-electron chi connectivity index (χ3n) is 3.19. The van der Waals surface area contributed by atoms with Crippen molar-refractivity contribution in [3.8, 4) is 5.75 Å². The summed E-state index contributed by atoms with van der Waals surface area (Å²) >= 11 is 0. The highest BCUT2D eigenvalue weighted by Crippen LogP contribution is 2.32. The highest BCUT2D eigenvalue weighted by Gasteiger charge is 2.19. The van der Waals surface area contributed by atoms with Crippen molar-refractivity contribution >= 4 is 17.4 Å². The smallest absolute Gasteiger partial charge is 0.303 e. The van der Waals surface area contributed by atoms with Crippen molar-refractivity contribution in [2.45, 2.75) is 19.8 Å². The molecular weight excluding hydrogens is 246 g/mol. The van der Waals surface area contributed by atoms with Crippen molar-refractivity contribution in [1.29, 1.82) is 0 Å². The highest BCUT2D eigenvalue weighted by molar-refractivity contribution is 5.98. The van der Waals surface area contributed by atoms with Crippen molar-refractivity contribution in [1.82, 2.24) is 0 Å². The van der Waals surface area contributed by atoms with Crippen LogP contribution in [-0.4, -0.2) is 36.6 Å². The number of benzene rings is 1. The molecule has 1 aliphatic rings. The Morgan fingerprint density at radius 3 is 2.84 bits per heavy atom. The van der Waals surface area contributed by atoms with Crippen molar-refractivity contribution in [2.75, 3.05) is 24.6 Å². The van der Waals surface area contributed by atoms with E-state index in [2.05, 4.69) is 4.90 Å². The first-order chi connectivity index (χ1) is 9.11. The molecule has 2 rings (SSSR count). The largest absolute Gasteiger partial charge is 0.490 e. The van der Waals surface area contributed by atoms with E-state index in [1.165, 1.54) is 0 Å². The van der Waals surface area contributed by atoms with E-state index in [4.69, 9.17) is 9.84 Å². The molecule has 0 amide bonds. The summed E-state index contributed by atoms with van der Waals surface area (Å²) in [5.74, 6) is -0.320. The highest BCUT2D eigenvalue weighted by atomic mass is 16.5. The predicted octanol–water partition coefficient (Wildman–Crippen LogP) is 1.95. The van der Waals surface area contributed by atoms with Crippen LogP contribution in [0.5, 0.6) is 5.75 Å². The molecule has 1 aromatic rings. The quantitative estimate of drug-likeness (QED) is 0.822. The lowest BCUT2D eigenvalue weighted by molar-refractivity contribution is -0.136. The first kappa shape index (κ1) is 13.4. The minimum atomic E-state index is -0.954. The van der Waals surface area contributed by atoms with Crippen LogP contribution < -0.4 is 9.64 Å². The molecule has 0 fully saturated rings. The van der Waals surface area contributed by atoms with Gasteiger partial charge in [0.1, 0.15) is 12.4 Å². The van der Waals surface area contributed by atoms with Crippen molar-refractivity contribution in [2.24, 2.45) is 0 Å². The standard InChI is InChI=1S/C14H17NO4/c1-2-15-7-8-19-13-5-3-10(9-11(13)15)12(16)4-6-14(17)18/h3,5,9H,2,4,6-8H2,1H3,(H,17,18). The van der Waals surface area contributed by atoms with E-state index in [1.54, 1.807) is 18.2 Å². The maximum atomic E-state index is 11.9. The zero-order valence-electron chi connectivity index (χ0n) is 10.9. The summed E-state index contributed by atoms with van der Waals surface area (Å²) in [4.78, 5) is 24.5. The molecule has 0 saturated carbocycles. The summed E-state index contributed by atoms with van der Waals surface area (Å²) in [6, 6.07) is 5.27. The number of fused-ring (bicyclic) bond motifs is 1.